The molecule has 0 saturated heterocycles. The normalized spacial score (nSPS) is 11.4. The van der Waals surface area contributed by atoms with Gasteiger partial charge >= 0.3 is 0 Å². The fourth-order valence-electron chi connectivity index (χ4n) is 6.36. The number of aryl methyl sites for hydroxylation is 2. The second kappa shape index (κ2) is 16.5. The van der Waals surface area contributed by atoms with Crippen molar-refractivity contribution in [2.75, 3.05) is 0 Å². The first kappa shape index (κ1) is 36.6. The Balaban J connectivity index is 0.000000889. The number of benzene rings is 7. The van der Waals surface area contributed by atoms with Gasteiger partial charge in [-0.3, -0.25) is 0 Å². The second-order valence-electron chi connectivity index (χ2n) is 13.1. The number of hydrogen-bond acceptors (Lipinski definition) is 6. The highest BCUT2D eigenvalue weighted by Crippen LogP contribution is 2.27. The van der Waals surface area contributed by atoms with Gasteiger partial charge in [-0.15, -0.1) is 20.4 Å². The number of fused-ring (bicyclic) bond motifs is 6. The molecule has 7 aromatic carbocycles. The fourth-order valence-corrected chi connectivity index (χ4v) is 6.36. The molecule has 9 aromatic rings. The van der Waals surface area contributed by atoms with E-state index in [1.165, 1.54) is 6.42 Å². The Morgan fingerprint density at radius 3 is 1.49 bits per heavy atom. The summed E-state index contributed by atoms with van der Waals surface area (Å²) in [5.74, 6) is 0. The van der Waals surface area contributed by atoms with Gasteiger partial charge in [0.25, 0.3) is 0 Å². The lowest BCUT2D eigenvalue weighted by Crippen LogP contribution is -1.99. The summed E-state index contributed by atoms with van der Waals surface area (Å²) in [5, 5.41) is 32.5. The molecule has 0 amide bonds. The number of nitrogens with zero attached hydrogens (tertiary/aromatic N) is 8. The average molecular weight is 721 g/mol. The van der Waals surface area contributed by atoms with Crippen LogP contribution in [0.3, 0.4) is 0 Å². The molecule has 0 bridgehead atoms. The van der Waals surface area contributed by atoms with Crippen LogP contribution in [-0.2, 0) is 0 Å². The number of azo groups is 1. The minimum atomic E-state index is 0.753. The molecule has 2 aromatic heterocycles. The van der Waals surface area contributed by atoms with Crippen LogP contribution in [0.5, 0.6) is 0 Å². The molecule has 0 aliphatic heterocycles. The quantitative estimate of drug-likeness (QED) is 0.126. The third-order valence-electron chi connectivity index (χ3n) is 9.09. The first-order valence-electron chi connectivity index (χ1n) is 18.9. The van der Waals surface area contributed by atoms with Gasteiger partial charge in [0.1, 0.15) is 22.1 Å². The van der Waals surface area contributed by atoms with Gasteiger partial charge < -0.3 is 0 Å². The Labute approximate surface area is 321 Å². The Bertz CT molecular complexity index is 2810. The summed E-state index contributed by atoms with van der Waals surface area (Å²) in [6, 6.07) is 44.9. The lowest BCUT2D eigenvalue weighted by atomic mass is 10.0. The van der Waals surface area contributed by atoms with Gasteiger partial charge in [-0.25, -0.2) is 0 Å². The van der Waals surface area contributed by atoms with E-state index >= 15 is 0 Å². The zero-order valence-electron chi connectivity index (χ0n) is 32.1. The summed E-state index contributed by atoms with van der Waals surface area (Å²) in [6.07, 6.45) is 5.53. The number of rotatable bonds is 6. The molecule has 8 heteroatoms. The van der Waals surface area contributed by atoms with E-state index in [9.17, 15) is 0 Å². The Hall–Kier alpha value is -6.80. The topological polar surface area (TPSA) is 86.1 Å². The van der Waals surface area contributed by atoms with E-state index < -0.39 is 0 Å². The molecule has 55 heavy (non-hydrogen) atoms. The first-order valence-corrected chi connectivity index (χ1v) is 18.9. The van der Waals surface area contributed by atoms with Gasteiger partial charge in [0.15, 0.2) is 0 Å². The molecule has 0 aliphatic rings. The SMILES string of the molecule is CC.CCC.Cc1cc(N=Nc2ccc(-n3nc4ccc5ccccc5c4n3)cc2)ccc1C=Cc1ccc(-n2nc3ccc4ccccc4c3n2)cc1C. The monoisotopic (exact) mass is 720 g/mol. The third kappa shape index (κ3) is 7.80. The maximum Gasteiger partial charge on any atom is 0.121 e. The van der Waals surface area contributed by atoms with E-state index in [0.29, 0.717) is 0 Å². The highest BCUT2D eigenvalue weighted by atomic mass is 15.5. The van der Waals surface area contributed by atoms with Crippen molar-refractivity contribution in [1.29, 1.82) is 0 Å². The molecule has 0 unspecified atom stereocenters. The minimum absolute atomic E-state index is 0.753. The van der Waals surface area contributed by atoms with Crippen LogP contribution in [0.15, 0.2) is 144 Å². The molecule has 0 spiro atoms. The average Bonchev–Trinajstić information content (AvgIpc) is 3.87. The van der Waals surface area contributed by atoms with E-state index in [2.05, 4.69) is 122 Å². The summed E-state index contributed by atoms with van der Waals surface area (Å²) >= 11 is 0. The van der Waals surface area contributed by atoms with Crippen LogP contribution in [0, 0.1) is 13.8 Å². The van der Waals surface area contributed by atoms with Gasteiger partial charge in [-0.05, 0) is 108 Å². The second-order valence-corrected chi connectivity index (χ2v) is 13.1. The van der Waals surface area contributed by atoms with Crippen LogP contribution in [-0.4, -0.2) is 30.0 Å². The van der Waals surface area contributed by atoms with E-state index in [-0.39, 0.29) is 0 Å². The van der Waals surface area contributed by atoms with Crippen LogP contribution in [0.2, 0.25) is 0 Å². The zero-order valence-corrected chi connectivity index (χ0v) is 32.1. The molecule has 2 heterocycles. The van der Waals surface area contributed by atoms with E-state index in [1.807, 2.05) is 80.6 Å². The van der Waals surface area contributed by atoms with E-state index in [4.69, 9.17) is 15.3 Å². The van der Waals surface area contributed by atoms with Gasteiger partial charge in [0.05, 0.1) is 22.7 Å². The van der Waals surface area contributed by atoms with Crippen molar-refractivity contribution in [2.24, 2.45) is 10.2 Å². The van der Waals surface area contributed by atoms with Crippen molar-refractivity contribution in [2.45, 2.75) is 48.0 Å². The Morgan fingerprint density at radius 1 is 0.491 bits per heavy atom. The van der Waals surface area contributed by atoms with Crippen molar-refractivity contribution in [3.05, 3.63) is 156 Å². The van der Waals surface area contributed by atoms with Crippen LogP contribution in [0.1, 0.15) is 56.4 Å². The predicted octanol–water partition coefficient (Wildman–Crippen LogP) is 13.1. The molecule has 0 aliphatic carbocycles. The summed E-state index contributed by atoms with van der Waals surface area (Å²) in [6.45, 7) is 12.4. The largest absolute Gasteiger partial charge is 0.151 e. The van der Waals surface area contributed by atoms with Crippen LogP contribution >= 0.6 is 0 Å². The molecule has 0 fully saturated rings. The van der Waals surface area contributed by atoms with Crippen molar-refractivity contribution in [1.82, 2.24) is 30.0 Å². The Kier molecular flexibility index (Phi) is 10.9. The highest BCUT2D eigenvalue weighted by Gasteiger charge is 2.10. The molecule has 272 valence electrons. The minimum Gasteiger partial charge on any atom is -0.151 e. The maximum atomic E-state index is 4.83. The molecule has 0 saturated carbocycles. The van der Waals surface area contributed by atoms with E-state index in [1.54, 1.807) is 9.59 Å². The molecule has 0 radical (unpaired) electrons. The van der Waals surface area contributed by atoms with Crippen molar-refractivity contribution in [3.63, 3.8) is 0 Å². The summed E-state index contributed by atoms with van der Waals surface area (Å²) in [5.41, 5.74) is 11.4. The zero-order chi connectivity index (χ0) is 38.3. The van der Waals surface area contributed by atoms with Crippen LogP contribution in [0.25, 0.3) is 67.1 Å². The number of aromatic nitrogens is 6. The standard InChI is InChI=1S/C42H30N8.C3H8.C2H6/c1-27-25-34(44-43-33-18-21-35(22-19-33)49-45-39-23-15-31-7-3-5-9-37(31)41(39)47-49)17-13-29(27)11-12-30-14-20-36(26-28(30)2)50-46-40-24-16-32-8-4-6-10-38(32)42(40)48-50;1-3-2;1-2/h3-26H,1-2H3;3H2,1-2H3;1-2H3. The Morgan fingerprint density at radius 2 is 0.945 bits per heavy atom. The van der Waals surface area contributed by atoms with Gasteiger partial charge in [0, 0.05) is 10.8 Å². The van der Waals surface area contributed by atoms with Crippen LogP contribution in [0.4, 0.5) is 11.4 Å². The van der Waals surface area contributed by atoms with Gasteiger partial charge in [-0.2, -0.15) is 19.8 Å². The summed E-state index contributed by atoms with van der Waals surface area (Å²) < 4.78 is 0. The molecule has 8 nitrogen and oxygen atoms in total. The van der Waals surface area contributed by atoms with E-state index in [0.717, 1.165) is 88.6 Å². The molecule has 0 N–H and O–H groups in total. The lowest BCUT2D eigenvalue weighted by Gasteiger charge is -2.06. The fraction of sp³-hybridized carbons (Fsp3) is 0.149. The van der Waals surface area contributed by atoms with Crippen molar-refractivity contribution in [3.8, 4) is 11.4 Å². The third-order valence-corrected chi connectivity index (χ3v) is 9.09. The predicted molar refractivity (Wildman–Crippen MR) is 229 cm³/mol. The van der Waals surface area contributed by atoms with Gasteiger partial charge in [-0.1, -0.05) is 119 Å². The van der Waals surface area contributed by atoms with Crippen molar-refractivity contribution < 1.29 is 0 Å². The molecular formula is C47H44N8. The first-order chi connectivity index (χ1) is 27.0. The highest BCUT2D eigenvalue weighted by molar-refractivity contribution is 6.04. The lowest BCUT2D eigenvalue weighted by molar-refractivity contribution is 0.765. The molecule has 9 rings (SSSR count). The van der Waals surface area contributed by atoms with Crippen LogP contribution < -0.4 is 0 Å². The van der Waals surface area contributed by atoms with Gasteiger partial charge in [0.2, 0.25) is 0 Å². The molecular weight excluding hydrogens is 677 g/mol. The summed E-state index contributed by atoms with van der Waals surface area (Å²) in [7, 11) is 0. The maximum absolute atomic E-state index is 4.83. The molecule has 0 atom stereocenters. The van der Waals surface area contributed by atoms with Crippen molar-refractivity contribution >= 4 is 67.1 Å². The smallest absolute Gasteiger partial charge is 0.121 e. The number of hydrogen-bond donors (Lipinski definition) is 0. The summed E-state index contributed by atoms with van der Waals surface area (Å²) in [4.78, 5) is 3.40.